The Bertz CT molecular complexity index is 1430. The quantitative estimate of drug-likeness (QED) is 0.0998. The Balaban J connectivity index is 1.80. The fraction of sp³-hybridized carbons (Fsp3) is 0.371. The number of H-pyrrole nitrogens is 1. The third kappa shape index (κ3) is 10.9. The zero-order chi connectivity index (χ0) is 32.6. The molecular formula is C35H44Cl2N2O4Si2. The maximum atomic E-state index is 13.5. The number of carbonyl (C=O) groups is 1. The largest absolute Gasteiger partial charge is 0.455 e. The number of benzene rings is 3. The molecule has 0 aliphatic carbocycles. The van der Waals surface area contributed by atoms with Crippen molar-refractivity contribution in [2.24, 2.45) is 0 Å². The van der Waals surface area contributed by atoms with E-state index in [1.165, 1.54) is 0 Å². The Morgan fingerprint density at radius 3 is 1.73 bits per heavy atom. The molecule has 0 aliphatic heterocycles. The highest BCUT2D eigenvalue weighted by molar-refractivity contribution is 6.76. The molecule has 1 aromatic heterocycles. The van der Waals surface area contributed by atoms with Crippen LogP contribution in [0.2, 0.25) is 61.4 Å². The standard InChI is InChI=1S/C35H44Cl2N2O4Si2/c1-44(2,3)22-20-41-32(26-12-16-28(36)17-13-26)30-31(39-34(38-30)35(40)43-24-25-10-8-7-9-11-25)33(42-21-23-45(4,5)6)27-14-18-29(37)19-15-27/h7-19,32-33H,20-24H2,1-6H3,(H,38,39). The third-order valence-electron chi connectivity index (χ3n) is 7.30. The molecule has 0 amide bonds. The lowest BCUT2D eigenvalue weighted by Crippen LogP contribution is -2.24. The highest BCUT2D eigenvalue weighted by Gasteiger charge is 2.32. The van der Waals surface area contributed by atoms with Crippen LogP contribution in [0.3, 0.4) is 0 Å². The summed E-state index contributed by atoms with van der Waals surface area (Å²) in [5, 5.41) is 1.25. The number of nitrogens with one attached hydrogen (secondary N) is 1. The van der Waals surface area contributed by atoms with Gasteiger partial charge in [0.1, 0.15) is 18.8 Å². The molecule has 2 atom stereocenters. The average molecular weight is 684 g/mol. The highest BCUT2D eigenvalue weighted by atomic mass is 35.5. The van der Waals surface area contributed by atoms with Crippen molar-refractivity contribution in [3.63, 3.8) is 0 Å². The number of nitrogens with zero attached hydrogens (tertiary/aromatic N) is 1. The van der Waals surface area contributed by atoms with Crippen molar-refractivity contribution in [3.8, 4) is 0 Å². The molecule has 6 nitrogen and oxygen atoms in total. The molecule has 0 saturated carbocycles. The Morgan fingerprint density at radius 2 is 1.22 bits per heavy atom. The Labute approximate surface area is 279 Å². The van der Waals surface area contributed by atoms with E-state index in [9.17, 15) is 4.79 Å². The van der Waals surface area contributed by atoms with E-state index in [1.807, 2.05) is 78.9 Å². The number of hydrogen-bond acceptors (Lipinski definition) is 5. The van der Waals surface area contributed by atoms with Crippen molar-refractivity contribution in [3.05, 3.63) is 123 Å². The molecule has 0 fully saturated rings. The normalized spacial score (nSPS) is 13.4. The van der Waals surface area contributed by atoms with Gasteiger partial charge in [0.2, 0.25) is 5.82 Å². The molecule has 1 N–H and O–H groups in total. The fourth-order valence-corrected chi connectivity index (χ4v) is 6.32. The van der Waals surface area contributed by atoms with Crippen LogP contribution < -0.4 is 0 Å². The monoisotopic (exact) mass is 682 g/mol. The number of carbonyl (C=O) groups excluding carboxylic acids is 1. The number of aromatic amines is 1. The average Bonchev–Trinajstić information content (AvgIpc) is 3.42. The van der Waals surface area contributed by atoms with Gasteiger partial charge in [0.15, 0.2) is 0 Å². The lowest BCUT2D eigenvalue weighted by atomic mass is 9.99. The van der Waals surface area contributed by atoms with Crippen LogP contribution in [-0.2, 0) is 20.8 Å². The predicted octanol–water partition coefficient (Wildman–Crippen LogP) is 9.96. The van der Waals surface area contributed by atoms with Crippen LogP contribution in [0.4, 0.5) is 0 Å². The smallest absolute Gasteiger partial charge is 0.374 e. The molecule has 0 aliphatic rings. The lowest BCUT2D eigenvalue weighted by molar-refractivity contribution is 0.0457. The number of rotatable bonds is 15. The van der Waals surface area contributed by atoms with Crippen molar-refractivity contribution >= 4 is 45.3 Å². The van der Waals surface area contributed by atoms with Gasteiger partial charge in [-0.05, 0) is 53.0 Å². The van der Waals surface area contributed by atoms with E-state index in [2.05, 4.69) is 44.3 Å². The van der Waals surface area contributed by atoms with Crippen molar-refractivity contribution in [2.75, 3.05) is 13.2 Å². The van der Waals surface area contributed by atoms with Crippen LogP contribution in [0.5, 0.6) is 0 Å². The van der Waals surface area contributed by atoms with E-state index in [-0.39, 0.29) is 12.4 Å². The van der Waals surface area contributed by atoms with E-state index >= 15 is 0 Å². The number of halogens is 2. The molecule has 0 saturated heterocycles. The predicted molar refractivity (Wildman–Crippen MR) is 189 cm³/mol. The van der Waals surface area contributed by atoms with Gasteiger partial charge in [0.05, 0.1) is 11.4 Å². The number of aromatic nitrogens is 2. The van der Waals surface area contributed by atoms with Gasteiger partial charge < -0.3 is 19.2 Å². The Morgan fingerprint density at radius 1 is 0.733 bits per heavy atom. The van der Waals surface area contributed by atoms with Gasteiger partial charge in [0.25, 0.3) is 0 Å². The number of ether oxygens (including phenoxy) is 3. The summed E-state index contributed by atoms with van der Waals surface area (Å²) in [5.41, 5.74) is 3.88. The van der Waals surface area contributed by atoms with Crippen LogP contribution >= 0.6 is 23.2 Å². The molecule has 0 bridgehead atoms. The zero-order valence-corrected chi connectivity index (χ0v) is 30.5. The first kappa shape index (κ1) is 35.1. The SMILES string of the molecule is C[Si](C)(C)CCOC(c1ccc(Cl)cc1)c1nc(C(=O)OCc2ccccc2)[nH]c1C(OCC[Si](C)(C)C)c1ccc(Cl)cc1. The minimum absolute atomic E-state index is 0.0939. The first-order valence-electron chi connectivity index (χ1n) is 15.3. The second-order valence-electron chi connectivity index (χ2n) is 13.7. The summed E-state index contributed by atoms with van der Waals surface area (Å²) in [5.74, 6) is -0.461. The van der Waals surface area contributed by atoms with E-state index in [0.29, 0.717) is 34.6 Å². The van der Waals surface area contributed by atoms with E-state index in [0.717, 1.165) is 28.8 Å². The summed E-state index contributed by atoms with van der Waals surface area (Å²) < 4.78 is 19.0. The second-order valence-corrected chi connectivity index (χ2v) is 25.8. The first-order valence-corrected chi connectivity index (χ1v) is 23.5. The summed E-state index contributed by atoms with van der Waals surface area (Å²) in [7, 11) is -2.80. The lowest BCUT2D eigenvalue weighted by Gasteiger charge is -2.25. The summed E-state index contributed by atoms with van der Waals surface area (Å²) in [6.45, 7) is 15.1. The summed E-state index contributed by atoms with van der Waals surface area (Å²) >= 11 is 12.6. The van der Waals surface area contributed by atoms with Crippen LogP contribution in [0.25, 0.3) is 0 Å². The second kappa shape index (κ2) is 15.7. The van der Waals surface area contributed by atoms with Crippen LogP contribution in [0.15, 0.2) is 78.9 Å². The molecule has 4 rings (SSSR count). The fourth-order valence-electron chi connectivity index (χ4n) is 4.61. The van der Waals surface area contributed by atoms with Gasteiger partial charge in [-0.3, -0.25) is 0 Å². The molecule has 1 heterocycles. The maximum absolute atomic E-state index is 13.5. The third-order valence-corrected chi connectivity index (χ3v) is 11.2. The summed E-state index contributed by atoms with van der Waals surface area (Å²) in [4.78, 5) is 21.7. The molecular weight excluding hydrogens is 639 g/mol. The molecule has 3 aromatic carbocycles. The number of hydrogen-bond donors (Lipinski definition) is 1. The highest BCUT2D eigenvalue weighted by Crippen LogP contribution is 2.36. The molecule has 0 spiro atoms. The van der Waals surface area contributed by atoms with Gasteiger partial charge >= 0.3 is 5.97 Å². The molecule has 2 unspecified atom stereocenters. The Kier molecular flexibility index (Phi) is 12.3. The van der Waals surface area contributed by atoms with Crippen molar-refractivity contribution < 1.29 is 19.0 Å². The van der Waals surface area contributed by atoms with Crippen molar-refractivity contribution in [1.29, 1.82) is 0 Å². The van der Waals surface area contributed by atoms with E-state index in [1.54, 1.807) is 0 Å². The first-order chi connectivity index (χ1) is 21.3. The summed E-state index contributed by atoms with van der Waals surface area (Å²) in [6, 6.07) is 26.7. The maximum Gasteiger partial charge on any atom is 0.374 e. The van der Waals surface area contributed by atoms with Gasteiger partial charge in [0, 0.05) is 39.4 Å². The van der Waals surface area contributed by atoms with E-state index in [4.69, 9.17) is 42.4 Å². The zero-order valence-electron chi connectivity index (χ0n) is 27.0. The molecule has 0 radical (unpaired) electrons. The van der Waals surface area contributed by atoms with E-state index < -0.39 is 34.3 Å². The van der Waals surface area contributed by atoms with Gasteiger partial charge in [-0.2, -0.15) is 0 Å². The van der Waals surface area contributed by atoms with Crippen LogP contribution in [-0.4, -0.2) is 45.3 Å². The van der Waals surface area contributed by atoms with Crippen molar-refractivity contribution in [2.45, 2.75) is 70.2 Å². The van der Waals surface area contributed by atoms with Gasteiger partial charge in [-0.1, -0.05) is 117 Å². The topological polar surface area (TPSA) is 73.4 Å². The Hall–Kier alpha value is -2.73. The minimum atomic E-state index is -1.40. The molecule has 45 heavy (non-hydrogen) atoms. The minimum Gasteiger partial charge on any atom is -0.455 e. The van der Waals surface area contributed by atoms with Crippen LogP contribution in [0.1, 0.15) is 50.9 Å². The number of esters is 1. The molecule has 4 aromatic rings. The number of imidazole rings is 1. The van der Waals surface area contributed by atoms with Crippen molar-refractivity contribution in [1.82, 2.24) is 9.97 Å². The molecule has 10 heteroatoms. The van der Waals surface area contributed by atoms with Crippen LogP contribution in [0, 0.1) is 0 Å². The van der Waals surface area contributed by atoms with Gasteiger partial charge in [-0.25, -0.2) is 9.78 Å². The summed E-state index contributed by atoms with van der Waals surface area (Å²) in [6.07, 6.45) is -1.12. The van der Waals surface area contributed by atoms with Gasteiger partial charge in [-0.15, -0.1) is 0 Å². The molecule has 240 valence electrons.